The summed E-state index contributed by atoms with van der Waals surface area (Å²) in [5.41, 5.74) is 0.880. The lowest BCUT2D eigenvalue weighted by molar-refractivity contribution is 0.0942. The van der Waals surface area contributed by atoms with Gasteiger partial charge in [0.1, 0.15) is 0 Å². The second-order valence-corrected chi connectivity index (χ2v) is 5.29. The standard InChI is InChI=1S/C16H22O/c1-2-13-8-10-14(11-9-13)12-16(17)15-6-4-3-5-7-15/h3-7,13-14H,2,8-12H2,1H3. The van der Waals surface area contributed by atoms with E-state index in [-0.39, 0.29) is 0 Å². The summed E-state index contributed by atoms with van der Waals surface area (Å²) in [6, 6.07) is 9.71. The average molecular weight is 230 g/mol. The first-order valence-corrected chi connectivity index (χ1v) is 6.87. The summed E-state index contributed by atoms with van der Waals surface area (Å²) in [6.45, 7) is 2.28. The largest absolute Gasteiger partial charge is 0.294 e. The molecule has 0 radical (unpaired) electrons. The molecule has 1 saturated carbocycles. The van der Waals surface area contributed by atoms with Crippen LogP contribution in [0.4, 0.5) is 0 Å². The smallest absolute Gasteiger partial charge is 0.163 e. The van der Waals surface area contributed by atoms with Crippen molar-refractivity contribution in [1.82, 2.24) is 0 Å². The SMILES string of the molecule is CCC1CCC(CC(=O)c2ccccc2)CC1. The van der Waals surface area contributed by atoms with Gasteiger partial charge in [0, 0.05) is 12.0 Å². The number of benzene rings is 1. The van der Waals surface area contributed by atoms with Gasteiger partial charge in [-0.3, -0.25) is 4.79 Å². The molecule has 1 aromatic rings. The summed E-state index contributed by atoms with van der Waals surface area (Å²) in [6.07, 6.45) is 7.19. The minimum Gasteiger partial charge on any atom is -0.294 e. The molecule has 1 aliphatic carbocycles. The van der Waals surface area contributed by atoms with E-state index in [0.29, 0.717) is 11.7 Å². The average Bonchev–Trinajstić information content (AvgIpc) is 2.40. The minimum absolute atomic E-state index is 0.325. The van der Waals surface area contributed by atoms with Crippen LogP contribution in [0.3, 0.4) is 0 Å². The number of Topliss-reactive ketones (excluding diaryl/α,β-unsaturated/α-hetero) is 1. The summed E-state index contributed by atoms with van der Waals surface area (Å²) in [7, 11) is 0. The van der Waals surface area contributed by atoms with Gasteiger partial charge in [-0.15, -0.1) is 0 Å². The van der Waals surface area contributed by atoms with Crippen LogP contribution in [0.5, 0.6) is 0 Å². The third-order valence-corrected chi connectivity index (χ3v) is 4.11. The van der Waals surface area contributed by atoms with Gasteiger partial charge in [0.15, 0.2) is 5.78 Å². The Morgan fingerprint density at radius 2 is 1.65 bits per heavy atom. The second-order valence-electron chi connectivity index (χ2n) is 5.29. The highest BCUT2D eigenvalue weighted by Gasteiger charge is 2.22. The van der Waals surface area contributed by atoms with E-state index in [4.69, 9.17) is 0 Å². The monoisotopic (exact) mass is 230 g/mol. The fourth-order valence-corrected chi connectivity index (χ4v) is 2.85. The van der Waals surface area contributed by atoms with Crippen LogP contribution >= 0.6 is 0 Å². The zero-order chi connectivity index (χ0) is 12.1. The van der Waals surface area contributed by atoms with Crippen molar-refractivity contribution in [3.8, 4) is 0 Å². The van der Waals surface area contributed by atoms with Gasteiger partial charge in [0.25, 0.3) is 0 Å². The Bertz CT molecular complexity index is 347. The van der Waals surface area contributed by atoms with Gasteiger partial charge in [-0.05, 0) is 24.7 Å². The van der Waals surface area contributed by atoms with E-state index in [9.17, 15) is 4.79 Å². The molecule has 0 atom stereocenters. The maximum Gasteiger partial charge on any atom is 0.163 e. The maximum atomic E-state index is 12.1. The third-order valence-electron chi connectivity index (χ3n) is 4.11. The number of carbonyl (C=O) groups excluding carboxylic acids is 1. The van der Waals surface area contributed by atoms with Crippen LogP contribution in [0.2, 0.25) is 0 Å². The molecule has 1 heteroatoms. The maximum absolute atomic E-state index is 12.1. The topological polar surface area (TPSA) is 17.1 Å². The van der Waals surface area contributed by atoms with Crippen molar-refractivity contribution in [2.24, 2.45) is 11.8 Å². The van der Waals surface area contributed by atoms with Crippen molar-refractivity contribution < 1.29 is 4.79 Å². The number of ketones is 1. The van der Waals surface area contributed by atoms with Crippen LogP contribution in [-0.2, 0) is 0 Å². The fraction of sp³-hybridized carbons (Fsp3) is 0.562. The van der Waals surface area contributed by atoms with Gasteiger partial charge in [-0.2, -0.15) is 0 Å². The Kier molecular flexibility index (Phi) is 4.36. The molecule has 0 amide bonds. The fourth-order valence-electron chi connectivity index (χ4n) is 2.85. The molecule has 0 N–H and O–H groups in total. The molecule has 0 aromatic heterocycles. The number of hydrogen-bond donors (Lipinski definition) is 0. The first kappa shape index (κ1) is 12.3. The van der Waals surface area contributed by atoms with Gasteiger partial charge in [-0.1, -0.05) is 56.5 Å². The van der Waals surface area contributed by atoms with Crippen LogP contribution in [0.25, 0.3) is 0 Å². The minimum atomic E-state index is 0.325. The van der Waals surface area contributed by atoms with Gasteiger partial charge in [-0.25, -0.2) is 0 Å². The van der Waals surface area contributed by atoms with E-state index in [1.165, 1.54) is 32.1 Å². The molecule has 1 aliphatic rings. The Labute approximate surface area is 104 Å². The normalized spacial score (nSPS) is 24.5. The van der Waals surface area contributed by atoms with Crippen molar-refractivity contribution >= 4 is 5.78 Å². The Morgan fingerprint density at radius 1 is 1.06 bits per heavy atom. The molecule has 17 heavy (non-hydrogen) atoms. The molecule has 1 nitrogen and oxygen atoms in total. The van der Waals surface area contributed by atoms with Crippen LogP contribution in [0.15, 0.2) is 30.3 Å². The number of hydrogen-bond acceptors (Lipinski definition) is 1. The van der Waals surface area contributed by atoms with Crippen molar-refractivity contribution in [2.45, 2.75) is 45.4 Å². The van der Waals surface area contributed by atoms with Gasteiger partial charge >= 0.3 is 0 Å². The van der Waals surface area contributed by atoms with E-state index >= 15 is 0 Å². The lowest BCUT2D eigenvalue weighted by Gasteiger charge is -2.27. The van der Waals surface area contributed by atoms with Crippen LogP contribution in [0.1, 0.15) is 55.8 Å². The first-order valence-electron chi connectivity index (χ1n) is 6.87. The third kappa shape index (κ3) is 3.42. The summed E-state index contributed by atoms with van der Waals surface area (Å²) in [4.78, 5) is 12.1. The Hall–Kier alpha value is -1.11. The molecule has 1 aromatic carbocycles. The molecule has 0 aliphatic heterocycles. The number of carbonyl (C=O) groups is 1. The Balaban J connectivity index is 1.84. The van der Waals surface area contributed by atoms with Crippen molar-refractivity contribution in [3.63, 3.8) is 0 Å². The molecular formula is C16H22O. The van der Waals surface area contributed by atoms with Crippen LogP contribution in [-0.4, -0.2) is 5.78 Å². The van der Waals surface area contributed by atoms with Gasteiger partial charge < -0.3 is 0 Å². The number of rotatable bonds is 4. The van der Waals surface area contributed by atoms with E-state index < -0.39 is 0 Å². The van der Waals surface area contributed by atoms with Crippen molar-refractivity contribution in [3.05, 3.63) is 35.9 Å². The Morgan fingerprint density at radius 3 is 2.24 bits per heavy atom. The molecule has 0 saturated heterocycles. The molecule has 2 rings (SSSR count). The highest BCUT2D eigenvalue weighted by molar-refractivity contribution is 5.96. The summed E-state index contributed by atoms with van der Waals surface area (Å²) in [5.74, 6) is 1.87. The van der Waals surface area contributed by atoms with Crippen LogP contribution in [0, 0.1) is 11.8 Å². The van der Waals surface area contributed by atoms with E-state index in [1.807, 2.05) is 30.3 Å². The summed E-state index contributed by atoms with van der Waals surface area (Å²) in [5, 5.41) is 0. The quantitative estimate of drug-likeness (QED) is 0.697. The summed E-state index contributed by atoms with van der Waals surface area (Å²) >= 11 is 0. The highest BCUT2D eigenvalue weighted by atomic mass is 16.1. The molecule has 0 bridgehead atoms. The van der Waals surface area contributed by atoms with Gasteiger partial charge in [0.2, 0.25) is 0 Å². The van der Waals surface area contributed by atoms with Gasteiger partial charge in [0.05, 0.1) is 0 Å². The molecular weight excluding hydrogens is 208 g/mol. The summed E-state index contributed by atoms with van der Waals surface area (Å²) < 4.78 is 0. The highest BCUT2D eigenvalue weighted by Crippen LogP contribution is 2.32. The first-order chi connectivity index (χ1) is 8.29. The second kappa shape index (κ2) is 6.00. The molecule has 92 valence electrons. The lowest BCUT2D eigenvalue weighted by atomic mass is 9.78. The van der Waals surface area contributed by atoms with E-state index in [1.54, 1.807) is 0 Å². The van der Waals surface area contributed by atoms with E-state index in [0.717, 1.165) is 17.9 Å². The zero-order valence-electron chi connectivity index (χ0n) is 10.7. The van der Waals surface area contributed by atoms with Crippen molar-refractivity contribution in [2.75, 3.05) is 0 Å². The predicted octanol–water partition coefficient (Wildman–Crippen LogP) is 4.48. The molecule has 1 fully saturated rings. The molecule has 0 spiro atoms. The zero-order valence-corrected chi connectivity index (χ0v) is 10.7. The predicted molar refractivity (Wildman–Crippen MR) is 71.1 cm³/mol. The molecule has 0 heterocycles. The van der Waals surface area contributed by atoms with Crippen LogP contribution < -0.4 is 0 Å². The lowest BCUT2D eigenvalue weighted by Crippen LogP contribution is -2.17. The van der Waals surface area contributed by atoms with Crippen molar-refractivity contribution in [1.29, 1.82) is 0 Å². The molecule has 0 unspecified atom stereocenters. The van der Waals surface area contributed by atoms with E-state index in [2.05, 4.69) is 6.92 Å².